The maximum Gasteiger partial charge on any atom is 0.170 e. The van der Waals surface area contributed by atoms with E-state index in [1.807, 2.05) is 19.1 Å². The van der Waals surface area contributed by atoms with E-state index in [0.29, 0.717) is 28.9 Å². The van der Waals surface area contributed by atoms with Crippen molar-refractivity contribution in [3.8, 4) is 11.5 Å². The number of carbonyl (C=O) groups excluding carboxylic acids is 1. The average Bonchev–Trinajstić information content (AvgIpc) is 2.29. The van der Waals surface area contributed by atoms with Gasteiger partial charge in [-0.25, -0.2) is 0 Å². The number of benzene rings is 1. The van der Waals surface area contributed by atoms with Crippen LogP contribution in [0.4, 0.5) is 0 Å². The van der Waals surface area contributed by atoms with Crippen LogP contribution in [0.5, 0.6) is 11.5 Å². The molecule has 3 nitrogen and oxygen atoms in total. The zero-order valence-electron chi connectivity index (χ0n) is 10.3. The molecule has 3 heteroatoms. The molecular weight excluding hydrogens is 216 g/mol. The highest BCUT2D eigenvalue weighted by molar-refractivity contribution is 6.01. The molecule has 17 heavy (non-hydrogen) atoms. The average molecular weight is 232 g/mol. The molecule has 0 aromatic heterocycles. The molecule has 1 atom stereocenters. The van der Waals surface area contributed by atoms with Gasteiger partial charge < -0.3 is 9.84 Å². The molecule has 0 fully saturated rings. The SMILES string of the molecule is CC=CC1CC(=O)c2cc(C)c(O)c(C)c2O1. The predicted octanol–water partition coefficient (Wildman–Crippen LogP) is 2.92. The van der Waals surface area contributed by atoms with E-state index in [0.717, 1.165) is 0 Å². The number of aromatic hydroxyl groups is 1. The van der Waals surface area contributed by atoms with Crippen LogP contribution in [0.1, 0.15) is 34.8 Å². The van der Waals surface area contributed by atoms with Gasteiger partial charge in [0.15, 0.2) is 5.78 Å². The third kappa shape index (κ3) is 1.93. The quantitative estimate of drug-likeness (QED) is 0.757. The number of carbonyl (C=O) groups is 1. The normalized spacial score (nSPS) is 19.2. The Kier molecular flexibility index (Phi) is 2.92. The maximum absolute atomic E-state index is 12.0. The Morgan fingerprint density at radius 1 is 1.47 bits per heavy atom. The van der Waals surface area contributed by atoms with Gasteiger partial charge in [-0.2, -0.15) is 0 Å². The molecule has 1 unspecified atom stereocenters. The number of phenolic OH excluding ortho intramolecular Hbond substituents is 1. The number of hydrogen-bond donors (Lipinski definition) is 1. The van der Waals surface area contributed by atoms with Gasteiger partial charge in [0.2, 0.25) is 0 Å². The van der Waals surface area contributed by atoms with Crippen molar-refractivity contribution in [1.82, 2.24) is 0 Å². The highest BCUT2D eigenvalue weighted by Gasteiger charge is 2.28. The minimum absolute atomic E-state index is 0.0700. The number of allylic oxidation sites excluding steroid dienone is 1. The first kappa shape index (κ1) is 11.7. The van der Waals surface area contributed by atoms with Crippen LogP contribution < -0.4 is 4.74 Å². The summed E-state index contributed by atoms with van der Waals surface area (Å²) in [6.07, 6.45) is 3.87. The number of ketones is 1. The van der Waals surface area contributed by atoms with E-state index in [4.69, 9.17) is 4.74 Å². The van der Waals surface area contributed by atoms with Crippen LogP contribution in [0.3, 0.4) is 0 Å². The van der Waals surface area contributed by atoms with E-state index >= 15 is 0 Å². The van der Waals surface area contributed by atoms with Crippen molar-refractivity contribution < 1.29 is 14.6 Å². The van der Waals surface area contributed by atoms with Crippen molar-refractivity contribution in [2.75, 3.05) is 0 Å². The van der Waals surface area contributed by atoms with Gasteiger partial charge in [0.05, 0.1) is 12.0 Å². The lowest BCUT2D eigenvalue weighted by molar-refractivity contribution is 0.0892. The van der Waals surface area contributed by atoms with E-state index < -0.39 is 0 Å². The number of phenols is 1. The van der Waals surface area contributed by atoms with Crippen molar-refractivity contribution in [1.29, 1.82) is 0 Å². The smallest absolute Gasteiger partial charge is 0.170 e. The summed E-state index contributed by atoms with van der Waals surface area (Å²) in [5.41, 5.74) is 1.93. The van der Waals surface area contributed by atoms with Gasteiger partial charge in [-0.05, 0) is 38.5 Å². The summed E-state index contributed by atoms with van der Waals surface area (Å²) < 4.78 is 5.74. The van der Waals surface area contributed by atoms with Gasteiger partial charge in [0.1, 0.15) is 17.6 Å². The zero-order chi connectivity index (χ0) is 12.6. The Morgan fingerprint density at radius 2 is 2.18 bits per heavy atom. The van der Waals surface area contributed by atoms with E-state index in [2.05, 4.69) is 0 Å². The lowest BCUT2D eigenvalue weighted by Crippen LogP contribution is -2.25. The van der Waals surface area contributed by atoms with Crippen LogP contribution in [-0.2, 0) is 0 Å². The highest BCUT2D eigenvalue weighted by Crippen LogP contribution is 2.38. The summed E-state index contributed by atoms with van der Waals surface area (Å²) in [5.74, 6) is 0.797. The summed E-state index contributed by atoms with van der Waals surface area (Å²) in [6.45, 7) is 5.45. The van der Waals surface area contributed by atoms with Crippen molar-refractivity contribution in [2.24, 2.45) is 0 Å². The number of ether oxygens (including phenoxy) is 1. The second kappa shape index (κ2) is 4.24. The Morgan fingerprint density at radius 3 is 2.82 bits per heavy atom. The van der Waals surface area contributed by atoms with Gasteiger partial charge in [-0.3, -0.25) is 4.79 Å². The molecule has 0 saturated heterocycles. The molecule has 2 rings (SSSR count). The van der Waals surface area contributed by atoms with Gasteiger partial charge >= 0.3 is 0 Å². The predicted molar refractivity (Wildman–Crippen MR) is 65.8 cm³/mol. The molecule has 0 aliphatic carbocycles. The van der Waals surface area contributed by atoms with E-state index in [1.54, 1.807) is 19.9 Å². The van der Waals surface area contributed by atoms with Crippen LogP contribution >= 0.6 is 0 Å². The van der Waals surface area contributed by atoms with Gasteiger partial charge in [-0.15, -0.1) is 0 Å². The molecule has 1 aromatic carbocycles. The van der Waals surface area contributed by atoms with Crippen molar-refractivity contribution in [2.45, 2.75) is 33.3 Å². The van der Waals surface area contributed by atoms with Crippen molar-refractivity contribution in [3.63, 3.8) is 0 Å². The molecule has 1 aliphatic heterocycles. The monoisotopic (exact) mass is 232 g/mol. The number of hydrogen-bond acceptors (Lipinski definition) is 3. The number of fused-ring (bicyclic) bond motifs is 1. The summed E-state index contributed by atoms with van der Waals surface area (Å²) in [7, 11) is 0. The fourth-order valence-electron chi connectivity index (χ4n) is 2.12. The highest BCUT2D eigenvalue weighted by atomic mass is 16.5. The lowest BCUT2D eigenvalue weighted by atomic mass is 9.95. The van der Waals surface area contributed by atoms with Crippen molar-refractivity contribution >= 4 is 5.78 Å². The minimum Gasteiger partial charge on any atom is -0.507 e. The Bertz CT molecular complexity index is 501. The molecule has 0 radical (unpaired) electrons. The topological polar surface area (TPSA) is 46.5 Å². The zero-order valence-corrected chi connectivity index (χ0v) is 10.3. The van der Waals surface area contributed by atoms with E-state index in [1.165, 1.54) is 0 Å². The molecular formula is C14H16O3. The Labute approximate surface area is 101 Å². The van der Waals surface area contributed by atoms with Crippen LogP contribution in [0.15, 0.2) is 18.2 Å². The maximum atomic E-state index is 12.0. The second-order valence-corrected chi connectivity index (χ2v) is 4.35. The first-order valence-corrected chi connectivity index (χ1v) is 5.70. The van der Waals surface area contributed by atoms with Crippen LogP contribution in [0.2, 0.25) is 0 Å². The first-order chi connectivity index (χ1) is 8.04. The van der Waals surface area contributed by atoms with E-state index in [9.17, 15) is 9.90 Å². The summed E-state index contributed by atoms with van der Waals surface area (Å²) in [4.78, 5) is 12.0. The summed E-state index contributed by atoms with van der Waals surface area (Å²) in [5, 5.41) is 9.86. The van der Waals surface area contributed by atoms with Gasteiger partial charge in [-0.1, -0.05) is 6.08 Å². The summed E-state index contributed by atoms with van der Waals surface area (Å²) in [6, 6.07) is 1.70. The molecule has 1 heterocycles. The molecule has 90 valence electrons. The van der Waals surface area contributed by atoms with Crippen LogP contribution in [-0.4, -0.2) is 17.0 Å². The second-order valence-electron chi connectivity index (χ2n) is 4.35. The lowest BCUT2D eigenvalue weighted by Gasteiger charge is -2.25. The number of aryl methyl sites for hydroxylation is 1. The van der Waals surface area contributed by atoms with Crippen LogP contribution in [0.25, 0.3) is 0 Å². The fraction of sp³-hybridized carbons (Fsp3) is 0.357. The van der Waals surface area contributed by atoms with Gasteiger partial charge in [0.25, 0.3) is 0 Å². The third-order valence-corrected chi connectivity index (χ3v) is 3.04. The standard InChI is InChI=1S/C14H16O3/c1-4-5-10-7-12(15)11-6-8(2)13(16)9(3)14(11)17-10/h4-6,10,16H,7H2,1-3H3. The molecule has 1 aromatic rings. The number of Topliss-reactive ketones (excluding diaryl/α,β-unsaturated/α-hetero) is 1. The van der Waals surface area contributed by atoms with Crippen LogP contribution in [0, 0.1) is 13.8 Å². The van der Waals surface area contributed by atoms with E-state index in [-0.39, 0.29) is 17.6 Å². The largest absolute Gasteiger partial charge is 0.507 e. The minimum atomic E-state index is -0.221. The van der Waals surface area contributed by atoms with Gasteiger partial charge in [0, 0.05) is 5.56 Å². The number of rotatable bonds is 1. The molecule has 1 aliphatic rings. The third-order valence-electron chi connectivity index (χ3n) is 3.04. The van der Waals surface area contributed by atoms with Crippen molar-refractivity contribution in [3.05, 3.63) is 34.9 Å². The Hall–Kier alpha value is -1.77. The molecule has 1 N–H and O–H groups in total. The Balaban J connectivity index is 2.53. The molecule has 0 amide bonds. The fourth-order valence-corrected chi connectivity index (χ4v) is 2.12. The molecule has 0 spiro atoms. The first-order valence-electron chi connectivity index (χ1n) is 5.70. The molecule has 0 saturated carbocycles. The molecule has 0 bridgehead atoms. The summed E-state index contributed by atoms with van der Waals surface area (Å²) >= 11 is 0.